The molecule has 0 unspecified atom stereocenters. The first-order chi connectivity index (χ1) is 11.1. The van der Waals surface area contributed by atoms with Gasteiger partial charge >= 0.3 is 0 Å². The van der Waals surface area contributed by atoms with Crippen molar-refractivity contribution in [1.82, 2.24) is 14.5 Å². The third-order valence-electron chi connectivity index (χ3n) is 4.57. The van der Waals surface area contributed by atoms with E-state index in [2.05, 4.69) is 29.6 Å². The highest BCUT2D eigenvalue weighted by atomic mass is 35.5. The second-order valence-corrected chi connectivity index (χ2v) is 7.20. The van der Waals surface area contributed by atoms with Crippen LogP contribution in [0, 0.1) is 0 Å². The number of halogens is 2. The Labute approximate surface area is 148 Å². The quantitative estimate of drug-likeness (QED) is 0.765. The molecule has 124 valence electrons. The summed E-state index contributed by atoms with van der Waals surface area (Å²) in [7, 11) is 2.19. The Kier molecular flexibility index (Phi) is 5.30. The van der Waals surface area contributed by atoms with E-state index in [0.717, 1.165) is 37.3 Å². The Morgan fingerprint density at radius 2 is 1.91 bits per heavy atom. The van der Waals surface area contributed by atoms with Crippen molar-refractivity contribution in [3.63, 3.8) is 0 Å². The predicted molar refractivity (Wildman–Crippen MR) is 97.4 cm³/mol. The number of nitrogens with zero attached hydrogens (tertiary/aromatic N) is 3. The molecule has 0 amide bonds. The standard InChI is InChI=1S/C18H23Cl2N3/c1-3-8-23-12-17(14-4-5-15(19)16(20)11-14)21-18(23)13-6-9-22(2)10-7-13/h4-5,11-13H,3,6-10H2,1-2H3. The molecule has 1 aliphatic heterocycles. The molecule has 5 heteroatoms. The Morgan fingerprint density at radius 3 is 2.57 bits per heavy atom. The van der Waals surface area contributed by atoms with Gasteiger partial charge in [-0.1, -0.05) is 36.2 Å². The highest BCUT2D eigenvalue weighted by Crippen LogP contribution is 2.32. The van der Waals surface area contributed by atoms with Crippen LogP contribution >= 0.6 is 23.2 Å². The zero-order valence-corrected chi connectivity index (χ0v) is 15.2. The molecule has 0 saturated carbocycles. The Bertz CT molecular complexity index is 673. The predicted octanol–water partition coefficient (Wildman–Crippen LogP) is 5.08. The van der Waals surface area contributed by atoms with Crippen LogP contribution in [0.15, 0.2) is 24.4 Å². The van der Waals surface area contributed by atoms with Crippen LogP contribution in [-0.4, -0.2) is 34.6 Å². The zero-order valence-electron chi connectivity index (χ0n) is 13.7. The summed E-state index contributed by atoms with van der Waals surface area (Å²) in [6.45, 7) is 5.50. The van der Waals surface area contributed by atoms with E-state index < -0.39 is 0 Å². The minimum absolute atomic E-state index is 0.550. The molecule has 0 atom stereocenters. The van der Waals surface area contributed by atoms with Gasteiger partial charge in [0, 0.05) is 24.2 Å². The highest BCUT2D eigenvalue weighted by Gasteiger charge is 2.23. The van der Waals surface area contributed by atoms with Crippen molar-refractivity contribution in [3.8, 4) is 11.3 Å². The second kappa shape index (κ2) is 7.25. The van der Waals surface area contributed by atoms with Gasteiger partial charge in [0.15, 0.2) is 0 Å². The average Bonchev–Trinajstić information content (AvgIpc) is 2.95. The number of aryl methyl sites for hydroxylation is 1. The van der Waals surface area contributed by atoms with Crippen molar-refractivity contribution in [3.05, 3.63) is 40.3 Å². The molecule has 1 fully saturated rings. The largest absolute Gasteiger partial charge is 0.334 e. The summed E-state index contributed by atoms with van der Waals surface area (Å²) in [6.07, 6.45) is 5.63. The van der Waals surface area contributed by atoms with Crippen LogP contribution in [0.4, 0.5) is 0 Å². The molecule has 0 aliphatic carbocycles. The van der Waals surface area contributed by atoms with Crippen LogP contribution in [0.1, 0.15) is 37.9 Å². The average molecular weight is 352 g/mol. The summed E-state index contributed by atoms with van der Waals surface area (Å²) in [4.78, 5) is 7.35. The number of imidazole rings is 1. The fraction of sp³-hybridized carbons (Fsp3) is 0.500. The molecule has 0 N–H and O–H groups in total. The Morgan fingerprint density at radius 1 is 1.17 bits per heavy atom. The lowest BCUT2D eigenvalue weighted by molar-refractivity contribution is 0.248. The van der Waals surface area contributed by atoms with E-state index in [4.69, 9.17) is 28.2 Å². The van der Waals surface area contributed by atoms with Crippen molar-refractivity contribution in [1.29, 1.82) is 0 Å². The molecule has 23 heavy (non-hydrogen) atoms. The Hall–Kier alpha value is -1.03. The third-order valence-corrected chi connectivity index (χ3v) is 5.31. The van der Waals surface area contributed by atoms with Gasteiger partial charge in [0.1, 0.15) is 5.82 Å². The molecule has 1 aliphatic rings. The summed E-state index contributed by atoms with van der Waals surface area (Å²) >= 11 is 12.2. The SMILES string of the molecule is CCCn1cc(-c2ccc(Cl)c(Cl)c2)nc1C1CCN(C)CC1. The van der Waals surface area contributed by atoms with E-state index in [1.807, 2.05) is 18.2 Å². The van der Waals surface area contributed by atoms with E-state index in [1.54, 1.807) is 0 Å². The first-order valence-corrected chi connectivity index (χ1v) is 9.05. The van der Waals surface area contributed by atoms with Gasteiger partial charge in [-0.15, -0.1) is 0 Å². The number of hydrogen-bond donors (Lipinski definition) is 0. The maximum atomic E-state index is 6.16. The van der Waals surface area contributed by atoms with Crippen molar-refractivity contribution in [2.75, 3.05) is 20.1 Å². The lowest BCUT2D eigenvalue weighted by Gasteiger charge is -2.28. The fourth-order valence-electron chi connectivity index (χ4n) is 3.24. The van der Waals surface area contributed by atoms with E-state index in [-0.39, 0.29) is 0 Å². The summed E-state index contributed by atoms with van der Waals surface area (Å²) < 4.78 is 2.33. The normalized spacial score (nSPS) is 16.9. The number of benzene rings is 1. The van der Waals surface area contributed by atoms with Crippen LogP contribution < -0.4 is 0 Å². The van der Waals surface area contributed by atoms with Crippen LogP contribution in [0.2, 0.25) is 10.0 Å². The van der Waals surface area contributed by atoms with Crippen LogP contribution in [0.3, 0.4) is 0 Å². The van der Waals surface area contributed by atoms with Crippen molar-refractivity contribution >= 4 is 23.2 Å². The molecule has 1 saturated heterocycles. The molecule has 3 rings (SSSR count). The van der Waals surface area contributed by atoms with Gasteiger partial charge < -0.3 is 9.47 Å². The van der Waals surface area contributed by atoms with E-state index in [0.29, 0.717) is 16.0 Å². The maximum absolute atomic E-state index is 6.16. The van der Waals surface area contributed by atoms with Crippen molar-refractivity contribution in [2.24, 2.45) is 0 Å². The number of aromatic nitrogens is 2. The molecule has 3 nitrogen and oxygen atoms in total. The van der Waals surface area contributed by atoms with Crippen LogP contribution in [0.25, 0.3) is 11.3 Å². The molecule has 2 aromatic rings. The van der Waals surface area contributed by atoms with Crippen LogP contribution in [-0.2, 0) is 6.54 Å². The zero-order chi connectivity index (χ0) is 16.4. The number of likely N-dealkylation sites (tertiary alicyclic amines) is 1. The van der Waals surface area contributed by atoms with E-state index >= 15 is 0 Å². The molecule has 1 aromatic carbocycles. The minimum Gasteiger partial charge on any atom is -0.334 e. The maximum Gasteiger partial charge on any atom is 0.112 e. The van der Waals surface area contributed by atoms with Gasteiger partial charge in [0.2, 0.25) is 0 Å². The highest BCUT2D eigenvalue weighted by molar-refractivity contribution is 6.42. The van der Waals surface area contributed by atoms with Gasteiger partial charge in [-0.3, -0.25) is 0 Å². The number of hydrogen-bond acceptors (Lipinski definition) is 2. The lowest BCUT2D eigenvalue weighted by atomic mass is 9.96. The van der Waals surface area contributed by atoms with Crippen molar-refractivity contribution in [2.45, 2.75) is 38.6 Å². The fourth-order valence-corrected chi connectivity index (χ4v) is 3.54. The second-order valence-electron chi connectivity index (χ2n) is 6.38. The third kappa shape index (κ3) is 3.73. The van der Waals surface area contributed by atoms with E-state index in [1.165, 1.54) is 18.7 Å². The first-order valence-electron chi connectivity index (χ1n) is 8.29. The van der Waals surface area contributed by atoms with Gasteiger partial charge in [-0.05, 0) is 51.5 Å². The molecular weight excluding hydrogens is 329 g/mol. The molecule has 2 heterocycles. The summed E-state index contributed by atoms with van der Waals surface area (Å²) in [5, 5.41) is 1.16. The molecule has 0 spiro atoms. The van der Waals surface area contributed by atoms with E-state index in [9.17, 15) is 0 Å². The van der Waals surface area contributed by atoms with Gasteiger partial charge in [0.25, 0.3) is 0 Å². The summed E-state index contributed by atoms with van der Waals surface area (Å²) in [5.41, 5.74) is 2.02. The van der Waals surface area contributed by atoms with Crippen LogP contribution in [0.5, 0.6) is 0 Å². The topological polar surface area (TPSA) is 21.1 Å². The smallest absolute Gasteiger partial charge is 0.112 e. The summed E-state index contributed by atoms with van der Waals surface area (Å²) in [5.74, 6) is 1.77. The first kappa shape index (κ1) is 16.8. The monoisotopic (exact) mass is 351 g/mol. The summed E-state index contributed by atoms with van der Waals surface area (Å²) in [6, 6.07) is 5.74. The Balaban J connectivity index is 1.93. The minimum atomic E-state index is 0.550. The van der Waals surface area contributed by atoms with Gasteiger partial charge in [-0.25, -0.2) is 4.98 Å². The number of piperidine rings is 1. The molecular formula is C18H23Cl2N3. The van der Waals surface area contributed by atoms with Gasteiger partial charge in [-0.2, -0.15) is 0 Å². The number of rotatable bonds is 4. The molecule has 1 aromatic heterocycles. The van der Waals surface area contributed by atoms with Gasteiger partial charge in [0.05, 0.1) is 15.7 Å². The molecule has 0 radical (unpaired) electrons. The molecule has 0 bridgehead atoms. The van der Waals surface area contributed by atoms with Crippen molar-refractivity contribution < 1.29 is 0 Å². The lowest BCUT2D eigenvalue weighted by Crippen LogP contribution is -2.30.